The van der Waals surface area contributed by atoms with Crippen LogP contribution in [0.1, 0.15) is 25.3 Å². The lowest BCUT2D eigenvalue weighted by Gasteiger charge is -2.33. The number of nitrogens with zero attached hydrogens (tertiary/aromatic N) is 4. The van der Waals surface area contributed by atoms with Gasteiger partial charge >= 0.3 is 0 Å². The zero-order valence-corrected chi connectivity index (χ0v) is 20.4. The molecule has 1 atom stereocenters. The van der Waals surface area contributed by atoms with E-state index >= 15 is 0 Å². The number of nitrogens with one attached hydrogen (secondary N) is 1. The van der Waals surface area contributed by atoms with Crippen LogP contribution in [0.3, 0.4) is 0 Å². The van der Waals surface area contributed by atoms with E-state index in [9.17, 15) is 4.79 Å². The van der Waals surface area contributed by atoms with E-state index in [0.29, 0.717) is 24.7 Å². The van der Waals surface area contributed by atoms with Crippen molar-refractivity contribution in [1.82, 2.24) is 19.9 Å². The first kappa shape index (κ1) is 23.2. The third kappa shape index (κ3) is 5.25. The Labute approximate surface area is 209 Å². The average molecular weight is 490 g/mol. The summed E-state index contributed by atoms with van der Waals surface area (Å²) >= 11 is 6.18. The van der Waals surface area contributed by atoms with Gasteiger partial charge in [-0.15, -0.1) is 0 Å². The molecule has 1 aliphatic heterocycles. The van der Waals surface area contributed by atoms with Crippen LogP contribution in [0.4, 0.5) is 5.82 Å². The molecule has 5 rings (SSSR count). The number of benzene rings is 2. The molecule has 0 aliphatic carbocycles. The number of anilines is 1. The van der Waals surface area contributed by atoms with Gasteiger partial charge in [0, 0.05) is 42.6 Å². The van der Waals surface area contributed by atoms with Crippen molar-refractivity contribution in [2.45, 2.75) is 26.3 Å². The highest BCUT2D eigenvalue weighted by molar-refractivity contribution is 6.30. The first-order valence-corrected chi connectivity index (χ1v) is 12.3. The molecule has 1 aliphatic rings. The van der Waals surface area contributed by atoms with Gasteiger partial charge in [0.2, 0.25) is 5.91 Å². The Kier molecular flexibility index (Phi) is 6.86. The predicted octanol–water partition coefficient (Wildman–Crippen LogP) is 4.98. The first-order chi connectivity index (χ1) is 17.1. The third-order valence-electron chi connectivity index (χ3n) is 6.28. The largest absolute Gasteiger partial charge is 0.494 e. The van der Waals surface area contributed by atoms with Crippen molar-refractivity contribution in [3.8, 4) is 17.0 Å². The highest BCUT2D eigenvalue weighted by Crippen LogP contribution is 2.29. The van der Waals surface area contributed by atoms with Crippen LogP contribution in [-0.2, 0) is 11.3 Å². The Balaban J connectivity index is 1.28. The smallest absolute Gasteiger partial charge is 0.225 e. The molecular weight excluding hydrogens is 462 g/mol. The molecule has 0 saturated carbocycles. The van der Waals surface area contributed by atoms with Gasteiger partial charge in [0.15, 0.2) is 5.82 Å². The Hall–Kier alpha value is -3.58. The van der Waals surface area contributed by atoms with E-state index < -0.39 is 0 Å². The molecule has 1 fully saturated rings. The van der Waals surface area contributed by atoms with Crippen LogP contribution in [0.15, 0.2) is 67.0 Å². The number of fused-ring (bicyclic) bond motifs is 1. The number of carbonyl (C=O) groups excluding carboxylic acids is 1. The lowest BCUT2D eigenvalue weighted by Crippen LogP contribution is -2.43. The van der Waals surface area contributed by atoms with Gasteiger partial charge in [-0.2, -0.15) is 5.10 Å². The molecule has 2 aromatic carbocycles. The molecule has 0 unspecified atom stereocenters. The van der Waals surface area contributed by atoms with E-state index in [4.69, 9.17) is 21.4 Å². The van der Waals surface area contributed by atoms with Gasteiger partial charge in [-0.1, -0.05) is 35.9 Å². The summed E-state index contributed by atoms with van der Waals surface area (Å²) in [6.45, 7) is 4.58. The van der Waals surface area contributed by atoms with Crippen molar-refractivity contribution in [2.24, 2.45) is 5.92 Å². The quantitative estimate of drug-likeness (QED) is 0.396. The number of hydrogen-bond donors (Lipinski definition) is 1. The van der Waals surface area contributed by atoms with E-state index in [1.54, 1.807) is 6.20 Å². The van der Waals surface area contributed by atoms with Gasteiger partial charge in [0.25, 0.3) is 0 Å². The van der Waals surface area contributed by atoms with E-state index in [1.165, 1.54) is 0 Å². The maximum absolute atomic E-state index is 13.0. The van der Waals surface area contributed by atoms with Gasteiger partial charge in [0.05, 0.1) is 18.2 Å². The summed E-state index contributed by atoms with van der Waals surface area (Å²) < 4.78 is 7.33. The van der Waals surface area contributed by atoms with Gasteiger partial charge < -0.3 is 15.0 Å². The summed E-state index contributed by atoms with van der Waals surface area (Å²) in [7, 11) is 0. The predicted molar refractivity (Wildman–Crippen MR) is 138 cm³/mol. The molecule has 0 spiro atoms. The lowest BCUT2D eigenvalue weighted by atomic mass is 9.97. The standard InChI is InChI=1S/C27H28ClN5O2/c1-2-35-23-10-8-19(9-11-23)17-30-27(34)21-6-4-13-32(18-21)26-25-16-24(31-33(25)14-12-29-26)20-5-3-7-22(28)15-20/h3,5,7-12,14-16,21H,2,4,6,13,17-18H2,1H3,(H,30,34)/t21-/m1/s1. The van der Waals surface area contributed by atoms with Crippen LogP contribution in [0, 0.1) is 5.92 Å². The fourth-order valence-corrected chi connectivity index (χ4v) is 4.72. The maximum Gasteiger partial charge on any atom is 0.225 e. The Morgan fingerprint density at radius 2 is 2.06 bits per heavy atom. The fraction of sp³-hybridized carbons (Fsp3) is 0.296. The van der Waals surface area contributed by atoms with Gasteiger partial charge in [0.1, 0.15) is 11.3 Å². The van der Waals surface area contributed by atoms with Crippen LogP contribution in [-0.4, -0.2) is 40.2 Å². The number of amides is 1. The second-order valence-corrected chi connectivity index (χ2v) is 9.14. The van der Waals surface area contributed by atoms with Crippen LogP contribution in [0.2, 0.25) is 5.02 Å². The van der Waals surface area contributed by atoms with Crippen LogP contribution in [0.25, 0.3) is 16.8 Å². The molecule has 8 heteroatoms. The van der Waals surface area contributed by atoms with Crippen LogP contribution < -0.4 is 15.0 Å². The van der Waals surface area contributed by atoms with Crippen molar-refractivity contribution in [1.29, 1.82) is 0 Å². The molecule has 35 heavy (non-hydrogen) atoms. The fourth-order valence-electron chi connectivity index (χ4n) is 4.53. The molecule has 1 N–H and O–H groups in total. The number of ether oxygens (including phenoxy) is 1. The van der Waals surface area contributed by atoms with Crippen molar-refractivity contribution in [3.63, 3.8) is 0 Å². The molecule has 4 aromatic rings. The normalized spacial score (nSPS) is 15.8. The summed E-state index contributed by atoms with van der Waals surface area (Å²) in [4.78, 5) is 19.8. The van der Waals surface area contributed by atoms with Gasteiger partial charge in [-0.05, 0) is 55.7 Å². The van der Waals surface area contributed by atoms with Crippen molar-refractivity contribution >= 4 is 28.8 Å². The van der Waals surface area contributed by atoms with Crippen LogP contribution >= 0.6 is 11.6 Å². The molecule has 7 nitrogen and oxygen atoms in total. The minimum absolute atomic E-state index is 0.0728. The molecule has 1 saturated heterocycles. The van der Waals surface area contributed by atoms with E-state index in [2.05, 4.69) is 15.2 Å². The molecule has 2 aromatic heterocycles. The number of rotatable bonds is 7. The van der Waals surface area contributed by atoms with Gasteiger partial charge in [-0.3, -0.25) is 4.79 Å². The minimum Gasteiger partial charge on any atom is -0.494 e. The van der Waals surface area contributed by atoms with Crippen molar-refractivity contribution in [2.75, 3.05) is 24.6 Å². The number of carbonyl (C=O) groups is 1. The van der Waals surface area contributed by atoms with E-state index in [1.807, 2.05) is 72.2 Å². The Morgan fingerprint density at radius 3 is 2.86 bits per heavy atom. The highest BCUT2D eigenvalue weighted by Gasteiger charge is 2.27. The van der Waals surface area contributed by atoms with Crippen LogP contribution in [0.5, 0.6) is 5.75 Å². The highest BCUT2D eigenvalue weighted by atomic mass is 35.5. The topological polar surface area (TPSA) is 71.8 Å². The molecule has 1 amide bonds. The van der Waals surface area contributed by atoms with Crippen molar-refractivity contribution < 1.29 is 9.53 Å². The Bertz CT molecular complexity index is 1320. The zero-order chi connectivity index (χ0) is 24.2. The summed E-state index contributed by atoms with van der Waals surface area (Å²) in [5.41, 5.74) is 3.76. The summed E-state index contributed by atoms with van der Waals surface area (Å²) in [5, 5.41) is 8.50. The number of aromatic nitrogens is 3. The third-order valence-corrected chi connectivity index (χ3v) is 6.52. The van der Waals surface area contributed by atoms with Crippen molar-refractivity contribution in [3.05, 3.63) is 77.6 Å². The minimum atomic E-state index is -0.0937. The molecule has 0 bridgehead atoms. The van der Waals surface area contributed by atoms with Gasteiger partial charge in [-0.25, -0.2) is 9.50 Å². The Morgan fingerprint density at radius 1 is 1.20 bits per heavy atom. The van der Waals surface area contributed by atoms with E-state index in [0.717, 1.165) is 53.3 Å². The number of piperidine rings is 1. The van der Waals surface area contributed by atoms with E-state index in [-0.39, 0.29) is 11.8 Å². The lowest BCUT2D eigenvalue weighted by molar-refractivity contribution is -0.125. The average Bonchev–Trinajstić information content (AvgIpc) is 3.33. The number of hydrogen-bond acceptors (Lipinski definition) is 5. The first-order valence-electron chi connectivity index (χ1n) is 12.0. The molecular formula is C27H28ClN5O2. The SMILES string of the molecule is CCOc1ccc(CNC(=O)[C@@H]2CCCN(c3nccn4nc(-c5cccc(Cl)c5)cc34)C2)cc1. The summed E-state index contributed by atoms with van der Waals surface area (Å²) in [6.07, 6.45) is 5.39. The second-order valence-electron chi connectivity index (χ2n) is 8.70. The molecule has 3 heterocycles. The summed E-state index contributed by atoms with van der Waals surface area (Å²) in [6, 6.07) is 17.5. The second kappa shape index (κ2) is 10.4. The number of halogens is 1. The molecule has 180 valence electrons. The molecule has 0 radical (unpaired) electrons. The monoisotopic (exact) mass is 489 g/mol. The zero-order valence-electron chi connectivity index (χ0n) is 19.7. The summed E-state index contributed by atoms with van der Waals surface area (Å²) in [5.74, 6) is 1.66. The maximum atomic E-state index is 13.0.